The fraction of sp³-hybridized carbons (Fsp3) is 0.333. The lowest BCUT2D eigenvalue weighted by Gasteiger charge is -2.14. The van der Waals surface area contributed by atoms with Crippen LogP contribution in [0.2, 0.25) is 0 Å². The zero-order valence-corrected chi connectivity index (χ0v) is 15.0. The van der Waals surface area contributed by atoms with Gasteiger partial charge < -0.3 is 10.1 Å². The van der Waals surface area contributed by atoms with Crippen LogP contribution < -0.4 is 5.32 Å². The van der Waals surface area contributed by atoms with Crippen LogP contribution in [-0.4, -0.2) is 25.1 Å². The summed E-state index contributed by atoms with van der Waals surface area (Å²) in [6.45, 7) is 0. The van der Waals surface area contributed by atoms with Crippen LogP contribution in [-0.2, 0) is 17.6 Å². The highest BCUT2D eigenvalue weighted by atomic mass is 79.9. The summed E-state index contributed by atoms with van der Waals surface area (Å²) < 4.78 is 5.79. The summed E-state index contributed by atoms with van der Waals surface area (Å²) in [6.07, 6.45) is 8.41. The first-order valence-electron chi connectivity index (χ1n) is 7.63. The summed E-state index contributed by atoms with van der Waals surface area (Å²) in [5.41, 5.74) is 4.27. The predicted octanol–water partition coefficient (Wildman–Crippen LogP) is 4.24. The number of fused-ring (bicyclic) bond motifs is 1. The summed E-state index contributed by atoms with van der Waals surface area (Å²) in [6, 6.07) is 8.26. The molecule has 0 spiro atoms. The van der Waals surface area contributed by atoms with Gasteiger partial charge in [-0.1, -0.05) is 22.0 Å². The van der Waals surface area contributed by atoms with Crippen molar-refractivity contribution in [3.05, 3.63) is 57.8 Å². The Morgan fingerprint density at radius 3 is 2.65 bits per heavy atom. The van der Waals surface area contributed by atoms with Gasteiger partial charge in [-0.3, -0.25) is 4.98 Å². The van der Waals surface area contributed by atoms with Gasteiger partial charge in [-0.2, -0.15) is 0 Å². The quantitative estimate of drug-likeness (QED) is 0.796. The third-order valence-corrected chi connectivity index (χ3v) is 4.30. The Morgan fingerprint density at radius 2 is 1.96 bits per heavy atom. The van der Waals surface area contributed by atoms with E-state index in [1.165, 1.54) is 37.3 Å². The lowest BCUT2D eigenvalue weighted by molar-refractivity contribution is 0.0601. The average molecular weight is 377 g/mol. The number of rotatable bonds is 2. The maximum absolute atomic E-state index is 11.1. The van der Waals surface area contributed by atoms with E-state index in [0.717, 1.165) is 0 Å². The van der Waals surface area contributed by atoms with Crippen molar-refractivity contribution in [1.82, 2.24) is 4.98 Å². The van der Waals surface area contributed by atoms with Gasteiger partial charge in [0.1, 0.15) is 0 Å². The molecule has 0 amide bonds. The van der Waals surface area contributed by atoms with Gasteiger partial charge in [0.05, 0.1) is 24.6 Å². The molecule has 5 heteroatoms. The Labute approximate surface area is 145 Å². The molecule has 1 aliphatic carbocycles. The molecular weight excluding hydrogens is 356 g/mol. The molecule has 1 aliphatic rings. The molecule has 122 valence electrons. The number of nitrogens with zero attached hydrogens (tertiary/aromatic N) is 1. The fourth-order valence-corrected chi connectivity index (χ4v) is 2.99. The number of ether oxygens (including phenoxy) is 1. The van der Waals surface area contributed by atoms with Crippen LogP contribution >= 0.6 is 15.9 Å². The minimum atomic E-state index is -0.359. The van der Waals surface area contributed by atoms with Crippen molar-refractivity contribution < 1.29 is 9.53 Å². The molecule has 0 bridgehead atoms. The highest BCUT2D eigenvalue weighted by molar-refractivity contribution is 9.10. The second kappa shape index (κ2) is 8.67. The number of aromatic nitrogens is 1. The Kier molecular flexibility index (Phi) is 6.59. The number of aryl methyl sites for hydroxylation is 2. The normalized spacial score (nSPS) is 12.5. The van der Waals surface area contributed by atoms with Gasteiger partial charge in [-0.15, -0.1) is 0 Å². The van der Waals surface area contributed by atoms with Crippen LogP contribution in [0.3, 0.4) is 0 Å². The Bertz CT molecular complexity index is 674. The van der Waals surface area contributed by atoms with Crippen molar-refractivity contribution in [2.24, 2.45) is 0 Å². The average Bonchev–Trinajstić information content (AvgIpc) is 2.61. The molecule has 0 saturated carbocycles. The van der Waals surface area contributed by atoms with Crippen molar-refractivity contribution in [3.8, 4) is 0 Å². The largest absolute Gasteiger partial charge is 0.465 e. The molecule has 4 nitrogen and oxygen atoms in total. The zero-order valence-electron chi connectivity index (χ0n) is 13.4. The molecule has 0 unspecified atom stereocenters. The number of carbonyl (C=O) groups is 1. The number of hydrogen-bond acceptors (Lipinski definition) is 4. The van der Waals surface area contributed by atoms with Crippen molar-refractivity contribution in [1.29, 1.82) is 0 Å². The first kappa shape index (κ1) is 17.5. The molecular formula is C18H21BrN2O2. The second-order valence-corrected chi connectivity index (χ2v) is 6.20. The van der Waals surface area contributed by atoms with Gasteiger partial charge in [0, 0.05) is 17.7 Å². The molecule has 0 aliphatic heterocycles. The van der Waals surface area contributed by atoms with E-state index < -0.39 is 0 Å². The molecule has 0 radical (unpaired) electrons. The summed E-state index contributed by atoms with van der Waals surface area (Å²) in [5.74, 6) is -0.359. The van der Waals surface area contributed by atoms with Crippen LogP contribution in [0, 0.1) is 0 Å². The maximum Gasteiger partial charge on any atom is 0.340 e. The number of nitrogens with one attached hydrogen (secondary N) is 1. The SMILES string of the molecule is Brc1ccc2c(c1)CCCC2.CNc1cnccc1C(=O)OC. The molecule has 1 N–H and O–H groups in total. The summed E-state index contributed by atoms with van der Waals surface area (Å²) in [7, 11) is 3.08. The predicted molar refractivity (Wildman–Crippen MR) is 95.9 cm³/mol. The second-order valence-electron chi connectivity index (χ2n) is 5.28. The van der Waals surface area contributed by atoms with Gasteiger partial charge in [-0.05, 0) is 55.0 Å². The van der Waals surface area contributed by atoms with E-state index in [9.17, 15) is 4.79 Å². The lowest BCUT2D eigenvalue weighted by atomic mass is 9.92. The summed E-state index contributed by atoms with van der Waals surface area (Å²) >= 11 is 3.49. The van der Waals surface area contributed by atoms with Crippen LogP contribution in [0.15, 0.2) is 41.1 Å². The van der Waals surface area contributed by atoms with Crippen LogP contribution in [0.1, 0.15) is 34.3 Å². The summed E-state index contributed by atoms with van der Waals surface area (Å²) in [5, 5.41) is 2.85. The highest BCUT2D eigenvalue weighted by Gasteiger charge is 2.09. The molecule has 0 saturated heterocycles. The number of hydrogen-bond donors (Lipinski definition) is 1. The van der Waals surface area contributed by atoms with Crippen LogP contribution in [0.25, 0.3) is 0 Å². The molecule has 3 rings (SSSR count). The van der Waals surface area contributed by atoms with E-state index >= 15 is 0 Å². The van der Waals surface area contributed by atoms with E-state index in [-0.39, 0.29) is 5.97 Å². The van der Waals surface area contributed by atoms with Gasteiger partial charge in [0.15, 0.2) is 0 Å². The Morgan fingerprint density at radius 1 is 1.22 bits per heavy atom. The zero-order chi connectivity index (χ0) is 16.7. The first-order chi connectivity index (χ1) is 11.2. The minimum absolute atomic E-state index is 0.359. The van der Waals surface area contributed by atoms with Gasteiger partial charge in [-0.25, -0.2) is 4.79 Å². The number of benzene rings is 1. The monoisotopic (exact) mass is 376 g/mol. The molecule has 2 aromatic rings. The van der Waals surface area contributed by atoms with Crippen LogP contribution in [0.4, 0.5) is 5.69 Å². The topological polar surface area (TPSA) is 51.2 Å². The Balaban J connectivity index is 0.000000167. The maximum atomic E-state index is 11.1. The van der Waals surface area contributed by atoms with E-state index in [4.69, 9.17) is 0 Å². The molecule has 23 heavy (non-hydrogen) atoms. The van der Waals surface area contributed by atoms with Crippen molar-refractivity contribution in [2.45, 2.75) is 25.7 Å². The van der Waals surface area contributed by atoms with Crippen LogP contribution in [0.5, 0.6) is 0 Å². The van der Waals surface area contributed by atoms with E-state index in [1.807, 2.05) is 0 Å². The van der Waals surface area contributed by atoms with E-state index in [2.05, 4.69) is 49.2 Å². The number of methoxy groups -OCH3 is 1. The smallest absolute Gasteiger partial charge is 0.340 e. The van der Waals surface area contributed by atoms with Gasteiger partial charge in [0.25, 0.3) is 0 Å². The third kappa shape index (κ3) is 4.79. The third-order valence-electron chi connectivity index (χ3n) is 3.81. The minimum Gasteiger partial charge on any atom is -0.465 e. The van der Waals surface area contributed by atoms with E-state index in [1.54, 1.807) is 36.6 Å². The van der Waals surface area contributed by atoms with Crippen molar-refractivity contribution in [3.63, 3.8) is 0 Å². The number of carbonyl (C=O) groups excluding carboxylic acids is 1. The van der Waals surface area contributed by atoms with E-state index in [0.29, 0.717) is 11.3 Å². The van der Waals surface area contributed by atoms with Gasteiger partial charge in [0.2, 0.25) is 0 Å². The molecule has 1 aromatic heterocycles. The fourth-order valence-electron chi connectivity index (χ4n) is 2.58. The Hall–Kier alpha value is -1.88. The lowest BCUT2D eigenvalue weighted by Crippen LogP contribution is -2.05. The first-order valence-corrected chi connectivity index (χ1v) is 8.42. The molecule has 0 atom stereocenters. The number of halogens is 1. The number of anilines is 1. The number of esters is 1. The van der Waals surface area contributed by atoms with Crippen molar-refractivity contribution in [2.75, 3.05) is 19.5 Å². The van der Waals surface area contributed by atoms with Crippen molar-refractivity contribution >= 4 is 27.6 Å². The molecule has 0 fully saturated rings. The highest BCUT2D eigenvalue weighted by Crippen LogP contribution is 2.24. The number of pyridine rings is 1. The van der Waals surface area contributed by atoms with Gasteiger partial charge >= 0.3 is 5.97 Å². The summed E-state index contributed by atoms with van der Waals surface area (Å²) in [4.78, 5) is 15.0. The standard InChI is InChI=1S/C10H11Br.C8H10N2O2/c11-10-6-5-8-3-1-2-4-9(8)7-10;1-9-7-5-10-4-3-6(7)8(11)12-2/h5-7H,1-4H2;3-5,9H,1-2H3. The molecule has 1 heterocycles. The molecule has 1 aromatic carbocycles.